The summed E-state index contributed by atoms with van der Waals surface area (Å²) in [5.41, 5.74) is 3.98. The summed E-state index contributed by atoms with van der Waals surface area (Å²) in [7, 11) is 1.45. The molecule has 1 unspecified atom stereocenters. The number of rotatable bonds is 5. The fourth-order valence-electron chi connectivity index (χ4n) is 1.53. The van der Waals surface area contributed by atoms with Crippen LogP contribution in [0.5, 0.6) is 5.75 Å². The van der Waals surface area contributed by atoms with E-state index in [-0.39, 0.29) is 6.42 Å². The Morgan fingerprint density at radius 2 is 2.11 bits per heavy atom. The van der Waals surface area contributed by atoms with Gasteiger partial charge in [-0.3, -0.25) is 9.59 Å². The van der Waals surface area contributed by atoms with Crippen molar-refractivity contribution in [3.05, 3.63) is 28.8 Å². The van der Waals surface area contributed by atoms with Crippen LogP contribution in [0.15, 0.2) is 18.2 Å². The highest BCUT2D eigenvalue weighted by molar-refractivity contribution is 6.30. The Bertz CT molecular complexity index is 473. The van der Waals surface area contributed by atoms with Gasteiger partial charge in [-0.15, -0.1) is 0 Å². The van der Waals surface area contributed by atoms with Crippen molar-refractivity contribution in [2.24, 2.45) is 11.1 Å². The highest BCUT2D eigenvalue weighted by Crippen LogP contribution is 2.30. The lowest BCUT2D eigenvalue weighted by Crippen LogP contribution is -2.43. The number of nitrogens with two attached hydrogens (primary N) is 1. The molecular formula is C12H14ClNO4. The third kappa shape index (κ3) is 2.73. The second kappa shape index (κ2) is 5.27. The van der Waals surface area contributed by atoms with Crippen molar-refractivity contribution >= 4 is 23.5 Å². The van der Waals surface area contributed by atoms with Gasteiger partial charge in [0.15, 0.2) is 0 Å². The van der Waals surface area contributed by atoms with Crippen molar-refractivity contribution < 1.29 is 19.4 Å². The summed E-state index contributed by atoms with van der Waals surface area (Å²) in [5, 5.41) is 9.56. The number of halogens is 1. The normalized spacial score (nSPS) is 13.7. The third-order valence-corrected chi connectivity index (χ3v) is 3.04. The summed E-state index contributed by atoms with van der Waals surface area (Å²) in [5.74, 6) is -1.72. The molecule has 0 aliphatic rings. The molecule has 0 spiro atoms. The molecule has 3 N–H and O–H groups in total. The number of aliphatic carboxylic acids is 1. The lowest BCUT2D eigenvalue weighted by atomic mass is 9.82. The standard InChI is InChI=1S/C12H14ClNO4/c1-12(10(14)15,11(16)17)6-7-5-8(13)3-4-9(7)18-2/h3-5H,6H2,1-2H3,(H2,14,15)(H,16,17). The van der Waals surface area contributed by atoms with E-state index in [2.05, 4.69) is 0 Å². The first kappa shape index (κ1) is 14.3. The molecule has 1 amide bonds. The Morgan fingerprint density at radius 3 is 2.56 bits per heavy atom. The first-order chi connectivity index (χ1) is 8.31. The van der Waals surface area contributed by atoms with E-state index in [9.17, 15) is 9.59 Å². The second-order valence-corrected chi connectivity index (χ2v) is 4.57. The molecule has 0 aromatic heterocycles. The van der Waals surface area contributed by atoms with E-state index in [0.29, 0.717) is 16.3 Å². The van der Waals surface area contributed by atoms with Gasteiger partial charge in [-0.2, -0.15) is 0 Å². The molecule has 1 aromatic rings. The van der Waals surface area contributed by atoms with Crippen LogP contribution in [0.3, 0.4) is 0 Å². The van der Waals surface area contributed by atoms with Crippen molar-refractivity contribution in [1.82, 2.24) is 0 Å². The van der Waals surface area contributed by atoms with Crippen molar-refractivity contribution in [2.75, 3.05) is 7.11 Å². The molecule has 5 nitrogen and oxygen atoms in total. The number of carbonyl (C=O) groups excluding carboxylic acids is 1. The second-order valence-electron chi connectivity index (χ2n) is 4.13. The van der Waals surface area contributed by atoms with Gasteiger partial charge in [0.2, 0.25) is 5.91 Å². The molecule has 0 saturated carbocycles. The molecule has 98 valence electrons. The Kier molecular flexibility index (Phi) is 4.19. The number of carboxylic acid groups (broad SMARTS) is 1. The SMILES string of the molecule is COc1ccc(Cl)cc1CC(C)(C(N)=O)C(=O)O. The minimum Gasteiger partial charge on any atom is -0.496 e. The van der Waals surface area contributed by atoms with E-state index < -0.39 is 17.3 Å². The molecule has 0 radical (unpaired) electrons. The van der Waals surface area contributed by atoms with Crippen molar-refractivity contribution in [3.8, 4) is 5.75 Å². The van der Waals surface area contributed by atoms with E-state index in [1.807, 2.05) is 0 Å². The Morgan fingerprint density at radius 1 is 1.50 bits per heavy atom. The predicted molar refractivity (Wildman–Crippen MR) is 66.6 cm³/mol. The minimum absolute atomic E-state index is 0.0819. The smallest absolute Gasteiger partial charge is 0.319 e. The largest absolute Gasteiger partial charge is 0.496 e. The van der Waals surface area contributed by atoms with E-state index >= 15 is 0 Å². The van der Waals surface area contributed by atoms with Gasteiger partial charge < -0.3 is 15.6 Å². The molecule has 0 aliphatic carbocycles. The topological polar surface area (TPSA) is 89.6 Å². The van der Waals surface area contributed by atoms with Gasteiger partial charge in [-0.25, -0.2) is 0 Å². The lowest BCUT2D eigenvalue weighted by Gasteiger charge is -2.22. The van der Waals surface area contributed by atoms with Crippen LogP contribution in [-0.2, 0) is 16.0 Å². The average Bonchev–Trinajstić information content (AvgIpc) is 2.28. The van der Waals surface area contributed by atoms with Crippen LogP contribution < -0.4 is 10.5 Å². The van der Waals surface area contributed by atoms with Gasteiger partial charge in [0, 0.05) is 11.4 Å². The third-order valence-electron chi connectivity index (χ3n) is 2.80. The first-order valence-electron chi connectivity index (χ1n) is 5.17. The molecule has 1 atom stereocenters. The molecule has 0 heterocycles. The maximum Gasteiger partial charge on any atom is 0.319 e. The Hall–Kier alpha value is -1.75. The Balaban J connectivity index is 3.20. The van der Waals surface area contributed by atoms with E-state index in [1.165, 1.54) is 14.0 Å². The zero-order valence-corrected chi connectivity index (χ0v) is 10.8. The Labute approximate surface area is 109 Å². The number of hydrogen-bond acceptors (Lipinski definition) is 3. The molecule has 1 aromatic carbocycles. The molecule has 0 aliphatic heterocycles. The number of amides is 1. The molecular weight excluding hydrogens is 258 g/mol. The number of ether oxygens (including phenoxy) is 1. The number of benzene rings is 1. The van der Waals surface area contributed by atoms with Gasteiger partial charge in [0.25, 0.3) is 0 Å². The fourth-order valence-corrected chi connectivity index (χ4v) is 1.73. The number of methoxy groups -OCH3 is 1. The van der Waals surface area contributed by atoms with Gasteiger partial charge in [-0.1, -0.05) is 11.6 Å². The minimum atomic E-state index is -1.70. The monoisotopic (exact) mass is 271 g/mol. The van der Waals surface area contributed by atoms with Crippen LogP contribution in [0.4, 0.5) is 0 Å². The molecule has 18 heavy (non-hydrogen) atoms. The number of hydrogen-bond donors (Lipinski definition) is 2. The summed E-state index contributed by atoms with van der Waals surface area (Å²) in [6.07, 6.45) is -0.0819. The van der Waals surface area contributed by atoms with E-state index in [4.69, 9.17) is 27.2 Å². The van der Waals surface area contributed by atoms with Gasteiger partial charge >= 0.3 is 5.97 Å². The van der Waals surface area contributed by atoms with Gasteiger partial charge in [0.05, 0.1) is 7.11 Å². The maximum atomic E-state index is 11.3. The van der Waals surface area contributed by atoms with Crippen LogP contribution in [0.25, 0.3) is 0 Å². The van der Waals surface area contributed by atoms with Crippen LogP contribution in [-0.4, -0.2) is 24.1 Å². The zero-order chi connectivity index (χ0) is 13.9. The van der Waals surface area contributed by atoms with Gasteiger partial charge in [-0.05, 0) is 30.7 Å². The molecule has 0 bridgehead atoms. The maximum absolute atomic E-state index is 11.3. The fraction of sp³-hybridized carbons (Fsp3) is 0.333. The van der Waals surface area contributed by atoms with Crippen LogP contribution in [0.2, 0.25) is 5.02 Å². The highest BCUT2D eigenvalue weighted by atomic mass is 35.5. The summed E-state index contributed by atoms with van der Waals surface area (Å²) in [6, 6.07) is 4.79. The zero-order valence-electron chi connectivity index (χ0n) is 10.1. The lowest BCUT2D eigenvalue weighted by molar-refractivity contribution is -0.153. The van der Waals surface area contributed by atoms with Crippen LogP contribution in [0.1, 0.15) is 12.5 Å². The molecule has 6 heteroatoms. The number of primary amides is 1. The van der Waals surface area contributed by atoms with Crippen LogP contribution >= 0.6 is 11.6 Å². The molecule has 0 saturated heterocycles. The molecule has 0 fully saturated rings. The van der Waals surface area contributed by atoms with Crippen molar-refractivity contribution in [1.29, 1.82) is 0 Å². The summed E-state index contributed by atoms with van der Waals surface area (Å²) in [4.78, 5) is 22.5. The number of carboxylic acids is 1. The van der Waals surface area contributed by atoms with Crippen molar-refractivity contribution in [3.63, 3.8) is 0 Å². The van der Waals surface area contributed by atoms with E-state index in [0.717, 1.165) is 0 Å². The summed E-state index contributed by atoms with van der Waals surface area (Å²) in [6.45, 7) is 1.28. The van der Waals surface area contributed by atoms with Gasteiger partial charge in [0.1, 0.15) is 11.2 Å². The predicted octanol–water partition coefficient (Wildman–Crippen LogP) is 1.47. The van der Waals surface area contributed by atoms with Crippen LogP contribution in [0, 0.1) is 5.41 Å². The van der Waals surface area contributed by atoms with Crippen molar-refractivity contribution in [2.45, 2.75) is 13.3 Å². The summed E-state index contributed by atoms with van der Waals surface area (Å²) < 4.78 is 5.10. The molecule has 1 rings (SSSR count). The number of carbonyl (C=O) groups is 2. The first-order valence-corrected chi connectivity index (χ1v) is 5.54. The van der Waals surface area contributed by atoms with E-state index in [1.54, 1.807) is 18.2 Å². The average molecular weight is 272 g/mol. The highest BCUT2D eigenvalue weighted by Gasteiger charge is 2.40. The quantitative estimate of drug-likeness (QED) is 0.794. The summed E-state index contributed by atoms with van der Waals surface area (Å²) >= 11 is 5.84.